The number of carboxylic acid groups (broad SMARTS) is 1. The van der Waals surface area contributed by atoms with Crippen molar-refractivity contribution in [3.8, 4) is 0 Å². The standard InChI is InChI=1S/C31H48N3O11P/c1-34(27(28(35)36)23-24-13-5-2-6-14-24)29(32)33-46(39,42-21-11-19-40-30(37)44-25-15-7-3-8-16-25)43-22-12-20-41-31(38)45-26-17-9-4-10-18-26/h2,5-6,13-14,25-27H,3-4,7-12,15-23H2,1H3,(H,35,36)(H2,32,33,39). The predicted molar refractivity (Wildman–Crippen MR) is 168 cm³/mol. The maximum Gasteiger partial charge on any atom is 0.508 e. The second kappa shape index (κ2) is 20.0. The first-order valence-electron chi connectivity index (χ1n) is 16.1. The van der Waals surface area contributed by atoms with Gasteiger partial charge in [0.15, 0.2) is 0 Å². The van der Waals surface area contributed by atoms with E-state index >= 15 is 0 Å². The van der Waals surface area contributed by atoms with E-state index < -0.39 is 32.1 Å². The first-order valence-corrected chi connectivity index (χ1v) is 17.6. The number of guanidine groups is 1. The Kier molecular flexibility index (Phi) is 16.1. The summed E-state index contributed by atoms with van der Waals surface area (Å²) in [5.74, 6) is -1.53. The van der Waals surface area contributed by atoms with Crippen molar-refractivity contribution < 1.29 is 52.1 Å². The van der Waals surface area contributed by atoms with Crippen LogP contribution in [0.1, 0.15) is 82.6 Å². The van der Waals surface area contributed by atoms with Gasteiger partial charge in [-0.1, -0.05) is 43.2 Å². The molecule has 258 valence electrons. The Labute approximate surface area is 270 Å². The van der Waals surface area contributed by atoms with Gasteiger partial charge in [0.25, 0.3) is 0 Å². The van der Waals surface area contributed by atoms with Crippen LogP contribution in [0.2, 0.25) is 0 Å². The fraction of sp³-hybridized carbons (Fsp3) is 0.677. The Balaban J connectivity index is 1.53. The molecule has 0 aliphatic heterocycles. The molecule has 0 saturated heterocycles. The van der Waals surface area contributed by atoms with Crippen molar-refractivity contribution in [2.45, 2.75) is 102 Å². The van der Waals surface area contributed by atoms with Crippen molar-refractivity contribution in [3.63, 3.8) is 0 Å². The Morgan fingerprint density at radius 3 is 1.78 bits per heavy atom. The zero-order valence-corrected chi connectivity index (χ0v) is 27.5. The predicted octanol–water partition coefficient (Wildman–Crippen LogP) is 5.82. The first kappa shape index (κ1) is 37.1. The van der Waals surface area contributed by atoms with Crippen molar-refractivity contribution in [2.24, 2.45) is 10.5 Å². The lowest BCUT2D eigenvalue weighted by atomic mass is 9.98. The largest absolute Gasteiger partial charge is 0.508 e. The van der Waals surface area contributed by atoms with E-state index in [0.29, 0.717) is 0 Å². The van der Waals surface area contributed by atoms with E-state index in [0.717, 1.165) is 69.8 Å². The molecule has 0 radical (unpaired) electrons. The van der Waals surface area contributed by atoms with Gasteiger partial charge >= 0.3 is 26.0 Å². The molecule has 46 heavy (non-hydrogen) atoms. The van der Waals surface area contributed by atoms with E-state index in [1.165, 1.54) is 11.9 Å². The Hall–Kier alpha value is -3.35. The number of hydrogen-bond donors (Lipinski definition) is 2. The average Bonchev–Trinajstić information content (AvgIpc) is 3.04. The number of benzene rings is 1. The number of aliphatic carboxylic acids is 1. The van der Waals surface area contributed by atoms with Crippen LogP contribution in [0, 0.1) is 0 Å². The molecule has 1 aromatic rings. The van der Waals surface area contributed by atoms with Crippen molar-refractivity contribution in [3.05, 3.63) is 35.9 Å². The normalized spacial score (nSPS) is 17.1. The Bertz CT molecular complexity index is 1110. The third-order valence-electron chi connectivity index (χ3n) is 7.77. The van der Waals surface area contributed by atoms with Gasteiger partial charge in [-0.2, -0.15) is 0 Å². The molecular weight excluding hydrogens is 621 g/mol. The topological polar surface area (TPSA) is 186 Å². The number of rotatable bonds is 17. The smallest absolute Gasteiger partial charge is 0.480 e. The monoisotopic (exact) mass is 669 g/mol. The first-order chi connectivity index (χ1) is 22.1. The fourth-order valence-electron chi connectivity index (χ4n) is 5.17. The van der Waals surface area contributed by atoms with Crippen LogP contribution < -0.4 is 5.73 Å². The number of nitrogens with two attached hydrogens (primary N) is 1. The van der Waals surface area contributed by atoms with E-state index in [2.05, 4.69) is 4.76 Å². The van der Waals surface area contributed by atoms with E-state index in [4.69, 9.17) is 33.7 Å². The van der Waals surface area contributed by atoms with E-state index in [1.54, 1.807) is 24.3 Å². The number of carbonyl (C=O) groups excluding carboxylic acids is 2. The molecule has 0 aromatic heterocycles. The third kappa shape index (κ3) is 14.0. The molecule has 2 fully saturated rings. The quantitative estimate of drug-likeness (QED) is 0.0665. The SMILES string of the molecule is CN(C(N)=NP(=O)(OCCCOC(=O)OC1CCCCC1)OCCCOC(=O)OC1CCCCC1)C(Cc1ccccc1)C(=O)O. The number of hydrogen-bond acceptors (Lipinski definition) is 10. The van der Waals surface area contributed by atoms with E-state index in [9.17, 15) is 24.1 Å². The van der Waals surface area contributed by atoms with Crippen molar-refractivity contribution in [1.29, 1.82) is 0 Å². The number of nitrogens with zero attached hydrogens (tertiary/aromatic N) is 2. The molecule has 0 bridgehead atoms. The summed E-state index contributed by atoms with van der Waals surface area (Å²) in [6, 6.07) is 7.86. The minimum Gasteiger partial charge on any atom is -0.480 e. The minimum atomic E-state index is -4.28. The van der Waals surface area contributed by atoms with Gasteiger partial charge in [-0.3, -0.25) is 9.05 Å². The van der Waals surface area contributed by atoms with Gasteiger partial charge in [0, 0.05) is 26.3 Å². The molecule has 2 aliphatic rings. The summed E-state index contributed by atoms with van der Waals surface area (Å²) in [6.07, 6.45) is 8.14. The van der Waals surface area contributed by atoms with Crippen LogP contribution in [0.5, 0.6) is 0 Å². The van der Waals surface area contributed by atoms with Crippen LogP contribution >= 0.6 is 7.75 Å². The summed E-state index contributed by atoms with van der Waals surface area (Å²) in [4.78, 5) is 37.3. The fourth-order valence-corrected chi connectivity index (χ4v) is 6.47. The summed E-state index contributed by atoms with van der Waals surface area (Å²) >= 11 is 0. The van der Waals surface area contributed by atoms with Gasteiger partial charge in [0.2, 0.25) is 5.96 Å². The average molecular weight is 670 g/mol. The molecule has 0 heterocycles. The highest BCUT2D eigenvalue weighted by atomic mass is 31.2. The summed E-state index contributed by atoms with van der Waals surface area (Å²) in [7, 11) is -2.86. The maximum atomic E-state index is 13.6. The van der Waals surface area contributed by atoms with E-state index in [1.807, 2.05) is 6.07 Å². The molecule has 0 spiro atoms. The van der Waals surface area contributed by atoms with Crippen LogP contribution in [0.4, 0.5) is 9.59 Å². The van der Waals surface area contributed by atoms with Crippen molar-refractivity contribution >= 4 is 32.0 Å². The molecular formula is C31H48N3O11P. The van der Waals surface area contributed by atoms with Gasteiger partial charge in [-0.05, 0) is 56.9 Å². The summed E-state index contributed by atoms with van der Waals surface area (Å²) in [5.41, 5.74) is 6.88. The van der Waals surface area contributed by atoms with Crippen LogP contribution in [0.3, 0.4) is 0 Å². The number of ether oxygens (including phenoxy) is 4. The molecule has 3 rings (SSSR count). The lowest BCUT2D eigenvalue weighted by Crippen LogP contribution is -2.47. The van der Waals surface area contributed by atoms with Crippen molar-refractivity contribution in [2.75, 3.05) is 33.5 Å². The lowest BCUT2D eigenvalue weighted by molar-refractivity contribution is -0.141. The van der Waals surface area contributed by atoms with Gasteiger partial charge in [0.1, 0.15) is 18.2 Å². The molecule has 1 unspecified atom stereocenters. The highest BCUT2D eigenvalue weighted by Crippen LogP contribution is 2.50. The second-order valence-corrected chi connectivity index (χ2v) is 13.1. The molecule has 3 N–H and O–H groups in total. The highest BCUT2D eigenvalue weighted by Gasteiger charge is 2.30. The number of carboxylic acids is 1. The summed E-state index contributed by atoms with van der Waals surface area (Å²) in [6.45, 7) is -0.463. The zero-order valence-electron chi connectivity index (χ0n) is 26.6. The Morgan fingerprint density at radius 1 is 0.848 bits per heavy atom. The molecule has 1 aromatic carbocycles. The van der Waals surface area contributed by atoms with Crippen molar-refractivity contribution in [1.82, 2.24) is 4.90 Å². The third-order valence-corrected chi connectivity index (χ3v) is 9.23. The molecule has 2 saturated carbocycles. The summed E-state index contributed by atoms with van der Waals surface area (Å²) in [5, 5.41) is 9.86. The minimum absolute atomic E-state index is 0.0558. The van der Waals surface area contributed by atoms with Crippen LogP contribution in [-0.2, 0) is 43.8 Å². The molecule has 14 nitrogen and oxygen atoms in total. The van der Waals surface area contributed by atoms with Gasteiger partial charge in [-0.15, -0.1) is 4.76 Å². The Morgan fingerprint density at radius 2 is 1.33 bits per heavy atom. The van der Waals surface area contributed by atoms with Gasteiger partial charge < -0.3 is 34.7 Å². The molecule has 15 heteroatoms. The van der Waals surface area contributed by atoms with E-state index in [-0.39, 0.29) is 63.9 Å². The highest BCUT2D eigenvalue weighted by molar-refractivity contribution is 7.52. The van der Waals surface area contributed by atoms with Gasteiger partial charge in [-0.25, -0.2) is 18.9 Å². The zero-order chi connectivity index (χ0) is 33.2. The summed E-state index contributed by atoms with van der Waals surface area (Å²) < 4.78 is 49.5. The lowest BCUT2D eigenvalue weighted by Gasteiger charge is -2.26. The van der Waals surface area contributed by atoms with Gasteiger partial charge in [0.05, 0.1) is 26.4 Å². The second-order valence-electron chi connectivity index (χ2n) is 11.4. The maximum absolute atomic E-state index is 13.6. The number of carbonyl (C=O) groups is 3. The molecule has 1 atom stereocenters. The molecule has 0 amide bonds. The van der Waals surface area contributed by atoms with Crippen LogP contribution in [-0.4, -0.2) is 86.0 Å². The number of likely N-dealkylation sites (N-methyl/N-ethyl adjacent to an activating group) is 1. The van der Waals surface area contributed by atoms with Crippen LogP contribution in [0.25, 0.3) is 0 Å². The van der Waals surface area contributed by atoms with Crippen LogP contribution in [0.15, 0.2) is 35.1 Å². The molecule has 2 aliphatic carbocycles.